The molecule has 2 heterocycles. The average Bonchev–Trinajstić information content (AvgIpc) is 3.17. The zero-order chi connectivity index (χ0) is 14.7. The van der Waals surface area contributed by atoms with E-state index in [1.807, 2.05) is 36.4 Å². The molecular formula is C14H14N5O2-. The summed E-state index contributed by atoms with van der Waals surface area (Å²) in [6.45, 7) is 2.09. The smallest absolute Gasteiger partial charge is 0.134 e. The Bertz CT molecular complexity index is 688. The summed E-state index contributed by atoms with van der Waals surface area (Å²) in [4.78, 5) is 0. The molecule has 0 bridgehead atoms. The molecule has 108 valence electrons. The summed E-state index contributed by atoms with van der Waals surface area (Å²) in [5.41, 5.74) is 1.82. The number of hydrogen-bond acceptors (Lipinski definition) is 5. The molecule has 0 spiro atoms. The van der Waals surface area contributed by atoms with Crippen LogP contribution in [-0.4, -0.2) is 25.7 Å². The number of nitrogens with zero attached hydrogens (tertiary/aromatic N) is 4. The van der Waals surface area contributed by atoms with E-state index in [4.69, 9.17) is 4.42 Å². The van der Waals surface area contributed by atoms with Gasteiger partial charge in [0.1, 0.15) is 11.5 Å². The number of furan rings is 1. The maximum atomic E-state index is 9.49. The van der Waals surface area contributed by atoms with Crippen molar-refractivity contribution in [2.24, 2.45) is 0 Å². The van der Waals surface area contributed by atoms with Crippen LogP contribution in [0.5, 0.6) is 0 Å². The number of aromatic nitrogens is 4. The standard InChI is InChI=1S/C14H14N5O2/c1-9(20)10-2-4-11(5-3-10)13-7-6-12(21-13)8-15-14-16-18-19-17-14/h2-7,9,20H,8H2,1H3,(H-,15,16,17,18,19)/q-1/t9-/m0/s1. The van der Waals surface area contributed by atoms with Gasteiger partial charge in [-0.15, -0.1) is 5.21 Å². The fourth-order valence-electron chi connectivity index (χ4n) is 1.92. The minimum Gasteiger partial charge on any atom is -0.461 e. The average molecular weight is 284 g/mol. The predicted molar refractivity (Wildman–Crippen MR) is 75.7 cm³/mol. The molecule has 0 aliphatic heterocycles. The lowest BCUT2D eigenvalue weighted by molar-refractivity contribution is 0.199. The summed E-state index contributed by atoms with van der Waals surface area (Å²) in [6, 6.07) is 11.3. The van der Waals surface area contributed by atoms with Gasteiger partial charge in [-0.25, -0.2) is 0 Å². The normalized spacial score (nSPS) is 12.3. The van der Waals surface area contributed by atoms with Crippen LogP contribution in [0.15, 0.2) is 40.8 Å². The molecule has 21 heavy (non-hydrogen) atoms. The van der Waals surface area contributed by atoms with Crippen LogP contribution in [0.4, 0.5) is 5.95 Å². The third-order valence-electron chi connectivity index (χ3n) is 3.05. The Morgan fingerprint density at radius 3 is 2.71 bits per heavy atom. The summed E-state index contributed by atoms with van der Waals surface area (Å²) in [7, 11) is 0. The first-order valence-corrected chi connectivity index (χ1v) is 6.50. The first-order chi connectivity index (χ1) is 10.2. The molecule has 3 aromatic rings. The highest BCUT2D eigenvalue weighted by molar-refractivity contribution is 5.58. The summed E-state index contributed by atoms with van der Waals surface area (Å²) in [6.07, 6.45) is -0.472. The van der Waals surface area contributed by atoms with Gasteiger partial charge >= 0.3 is 0 Å². The fourth-order valence-corrected chi connectivity index (χ4v) is 1.92. The number of aliphatic hydroxyl groups is 1. The molecule has 0 radical (unpaired) electrons. The van der Waals surface area contributed by atoms with Crippen LogP contribution in [0.3, 0.4) is 0 Å². The molecule has 7 nitrogen and oxygen atoms in total. The highest BCUT2D eigenvalue weighted by Gasteiger charge is 2.06. The van der Waals surface area contributed by atoms with Crippen molar-refractivity contribution in [3.05, 3.63) is 53.0 Å². The molecule has 0 unspecified atom stereocenters. The van der Waals surface area contributed by atoms with Gasteiger partial charge in [0.05, 0.1) is 12.1 Å². The van der Waals surface area contributed by atoms with E-state index < -0.39 is 6.10 Å². The third kappa shape index (κ3) is 3.09. The zero-order valence-corrected chi connectivity index (χ0v) is 11.4. The molecule has 2 N–H and O–H groups in total. The molecule has 2 aromatic heterocycles. The van der Waals surface area contributed by atoms with Gasteiger partial charge < -0.3 is 14.8 Å². The third-order valence-corrected chi connectivity index (χ3v) is 3.05. The number of aliphatic hydroxyl groups excluding tert-OH is 1. The molecule has 0 fully saturated rings. The second-order valence-corrected chi connectivity index (χ2v) is 4.59. The summed E-state index contributed by atoms with van der Waals surface area (Å²) in [5.74, 6) is 1.77. The van der Waals surface area contributed by atoms with Crippen molar-refractivity contribution >= 4 is 5.95 Å². The second-order valence-electron chi connectivity index (χ2n) is 4.59. The van der Waals surface area contributed by atoms with Crippen molar-refractivity contribution in [1.82, 2.24) is 20.6 Å². The van der Waals surface area contributed by atoms with Gasteiger partial charge in [-0.3, -0.25) is 15.4 Å². The highest BCUT2D eigenvalue weighted by atomic mass is 16.3. The van der Waals surface area contributed by atoms with E-state index in [-0.39, 0.29) is 0 Å². The monoisotopic (exact) mass is 284 g/mol. The van der Waals surface area contributed by atoms with Crippen molar-refractivity contribution in [1.29, 1.82) is 0 Å². The Morgan fingerprint density at radius 2 is 2.05 bits per heavy atom. The van der Waals surface area contributed by atoms with Crippen LogP contribution in [0.2, 0.25) is 0 Å². The number of rotatable bonds is 5. The number of benzene rings is 1. The Kier molecular flexibility index (Phi) is 3.65. The molecule has 0 aliphatic rings. The van der Waals surface area contributed by atoms with Gasteiger partial charge in [-0.1, -0.05) is 24.3 Å². The molecule has 0 aliphatic carbocycles. The number of aromatic amines is 1. The van der Waals surface area contributed by atoms with Crippen molar-refractivity contribution in [3.8, 4) is 11.3 Å². The van der Waals surface area contributed by atoms with Crippen LogP contribution in [0.1, 0.15) is 24.4 Å². The first kappa shape index (κ1) is 13.3. The van der Waals surface area contributed by atoms with Crippen LogP contribution in [-0.2, 0) is 6.54 Å². The van der Waals surface area contributed by atoms with E-state index >= 15 is 0 Å². The van der Waals surface area contributed by atoms with Gasteiger partial charge in [0.2, 0.25) is 0 Å². The number of H-pyrrole nitrogens is 1. The van der Waals surface area contributed by atoms with E-state index in [0.29, 0.717) is 12.5 Å². The van der Waals surface area contributed by atoms with E-state index in [0.717, 1.165) is 22.6 Å². The lowest BCUT2D eigenvalue weighted by Crippen LogP contribution is -1.89. The van der Waals surface area contributed by atoms with Gasteiger partial charge in [-0.05, 0) is 24.6 Å². The summed E-state index contributed by atoms with van der Waals surface area (Å²) >= 11 is 0. The van der Waals surface area contributed by atoms with Gasteiger partial charge in [0.15, 0.2) is 0 Å². The Morgan fingerprint density at radius 1 is 1.24 bits per heavy atom. The highest BCUT2D eigenvalue weighted by Crippen LogP contribution is 2.25. The Labute approximate surface area is 121 Å². The van der Waals surface area contributed by atoms with Crippen molar-refractivity contribution in [2.75, 3.05) is 0 Å². The van der Waals surface area contributed by atoms with Crippen LogP contribution < -0.4 is 0 Å². The van der Waals surface area contributed by atoms with Gasteiger partial charge in [-0.2, -0.15) is 0 Å². The van der Waals surface area contributed by atoms with E-state index in [1.165, 1.54) is 0 Å². The fraction of sp³-hybridized carbons (Fsp3) is 0.214. The molecule has 1 aromatic carbocycles. The SMILES string of the molecule is C[C@H](O)c1ccc(-c2ccc(C[N-]c3nn[nH]n3)o2)cc1. The quantitative estimate of drug-likeness (QED) is 0.750. The largest absolute Gasteiger partial charge is 0.461 e. The van der Waals surface area contributed by atoms with E-state index in [1.54, 1.807) is 6.92 Å². The lowest BCUT2D eigenvalue weighted by Gasteiger charge is -2.05. The maximum absolute atomic E-state index is 9.49. The minimum atomic E-state index is -0.472. The van der Waals surface area contributed by atoms with E-state index in [9.17, 15) is 5.11 Å². The predicted octanol–water partition coefficient (Wildman–Crippen LogP) is 2.72. The van der Waals surface area contributed by atoms with Crippen molar-refractivity contribution < 1.29 is 9.52 Å². The van der Waals surface area contributed by atoms with Crippen LogP contribution in [0, 0.1) is 0 Å². The lowest BCUT2D eigenvalue weighted by atomic mass is 10.1. The first-order valence-electron chi connectivity index (χ1n) is 6.50. The molecule has 0 saturated heterocycles. The summed E-state index contributed by atoms with van der Waals surface area (Å²) in [5, 5.41) is 26.9. The minimum absolute atomic E-state index is 0.300. The number of tetrazole rings is 1. The zero-order valence-electron chi connectivity index (χ0n) is 11.4. The van der Waals surface area contributed by atoms with Crippen LogP contribution >= 0.6 is 0 Å². The maximum Gasteiger partial charge on any atom is 0.134 e. The number of nitrogens with one attached hydrogen (secondary N) is 1. The molecule has 1 atom stereocenters. The molecule has 0 amide bonds. The summed E-state index contributed by atoms with van der Waals surface area (Å²) < 4.78 is 5.73. The molecule has 0 saturated carbocycles. The molecule has 7 heteroatoms. The van der Waals surface area contributed by atoms with E-state index in [2.05, 4.69) is 25.9 Å². The topological polar surface area (TPSA) is 102 Å². The van der Waals surface area contributed by atoms with Crippen molar-refractivity contribution in [3.63, 3.8) is 0 Å². The Balaban J connectivity index is 1.69. The second kappa shape index (κ2) is 5.76. The molecule has 3 rings (SSSR count). The molecular weight excluding hydrogens is 270 g/mol. The van der Waals surface area contributed by atoms with Gasteiger partial charge in [0.25, 0.3) is 0 Å². The van der Waals surface area contributed by atoms with Crippen molar-refractivity contribution in [2.45, 2.75) is 19.6 Å². The van der Waals surface area contributed by atoms with Crippen LogP contribution in [0.25, 0.3) is 16.6 Å². The van der Waals surface area contributed by atoms with Gasteiger partial charge in [0, 0.05) is 12.1 Å². The Hall–Kier alpha value is -2.67. The number of hydrogen-bond donors (Lipinski definition) is 2.